The molecule has 0 radical (unpaired) electrons. The van der Waals surface area contributed by atoms with Crippen LogP contribution in [0.15, 0.2) is 58.9 Å². The number of pyridine rings is 1. The summed E-state index contributed by atoms with van der Waals surface area (Å²) in [5, 5.41) is 20.2. The average Bonchev–Trinajstić information content (AvgIpc) is 3.63. The molecule has 0 fully saturated rings. The Bertz CT molecular complexity index is 1890. The van der Waals surface area contributed by atoms with Crippen molar-refractivity contribution in [1.29, 1.82) is 5.26 Å². The Labute approximate surface area is 317 Å². The number of unbranched alkanes of at least 4 members (excludes halogenated alkanes) is 1. The van der Waals surface area contributed by atoms with Crippen LogP contribution >= 0.6 is 34.7 Å². The zero-order valence-corrected chi connectivity index (χ0v) is 31.4. The molecule has 0 saturated carbocycles. The topological polar surface area (TPSA) is 183 Å². The molecule has 2 atom stereocenters. The molecule has 2 aromatic carbocycles. The van der Waals surface area contributed by atoms with Gasteiger partial charge in [0.05, 0.1) is 23.9 Å². The van der Waals surface area contributed by atoms with Gasteiger partial charge < -0.3 is 31.6 Å². The second-order valence-corrected chi connectivity index (χ2v) is 13.9. The van der Waals surface area contributed by atoms with Crippen molar-refractivity contribution in [3.8, 4) is 33.5 Å². The molecule has 12 nitrogen and oxygen atoms in total. The Balaban J connectivity index is 1.43. The van der Waals surface area contributed by atoms with E-state index < -0.39 is 24.0 Å². The van der Waals surface area contributed by atoms with Gasteiger partial charge in [-0.15, -0.1) is 11.3 Å². The summed E-state index contributed by atoms with van der Waals surface area (Å²) in [6, 6.07) is 15.2. The fourth-order valence-electron chi connectivity index (χ4n) is 4.92. The van der Waals surface area contributed by atoms with E-state index in [-0.39, 0.29) is 18.9 Å². The lowest BCUT2D eigenvalue weighted by Crippen LogP contribution is -2.47. The van der Waals surface area contributed by atoms with Crippen LogP contribution in [-0.2, 0) is 20.1 Å². The van der Waals surface area contributed by atoms with Crippen LogP contribution < -0.4 is 26.8 Å². The van der Waals surface area contributed by atoms with Crippen LogP contribution in [0.2, 0.25) is 5.02 Å². The molecule has 0 aliphatic heterocycles. The van der Waals surface area contributed by atoms with E-state index in [0.717, 1.165) is 35.5 Å². The van der Waals surface area contributed by atoms with Gasteiger partial charge in [0, 0.05) is 33.8 Å². The third-order valence-corrected chi connectivity index (χ3v) is 9.86. The number of anilines is 1. The molecule has 0 saturated heterocycles. The number of nitrogens with one attached hydrogen (secondary N) is 2. The van der Waals surface area contributed by atoms with E-state index >= 15 is 0 Å². The second kappa shape index (κ2) is 20.4. The van der Waals surface area contributed by atoms with E-state index in [0.29, 0.717) is 63.6 Å². The lowest BCUT2D eigenvalue weighted by atomic mass is 9.99. The van der Waals surface area contributed by atoms with Crippen molar-refractivity contribution in [1.82, 2.24) is 15.3 Å². The van der Waals surface area contributed by atoms with Crippen molar-refractivity contribution in [2.75, 3.05) is 31.6 Å². The Morgan fingerprint density at radius 1 is 1.12 bits per heavy atom. The third kappa shape index (κ3) is 11.1. The van der Waals surface area contributed by atoms with Crippen molar-refractivity contribution >= 4 is 58.1 Å². The minimum Gasteiger partial charge on any atom is -0.490 e. The fourth-order valence-corrected chi connectivity index (χ4v) is 6.86. The van der Waals surface area contributed by atoms with Crippen LogP contribution in [0.5, 0.6) is 5.75 Å². The molecule has 0 spiro atoms. The summed E-state index contributed by atoms with van der Waals surface area (Å²) in [5.41, 5.74) is 14.9. The number of benzene rings is 2. The maximum Gasteiger partial charge on any atom is 0.328 e. The van der Waals surface area contributed by atoms with Crippen LogP contribution in [0.1, 0.15) is 50.8 Å². The highest BCUT2D eigenvalue weighted by Crippen LogP contribution is 2.43. The number of ether oxygens (including phenoxy) is 2. The first-order valence-corrected chi connectivity index (χ1v) is 19.0. The number of amides is 1. The van der Waals surface area contributed by atoms with Crippen molar-refractivity contribution in [3.05, 3.63) is 81.6 Å². The van der Waals surface area contributed by atoms with Crippen molar-refractivity contribution in [3.63, 3.8) is 0 Å². The molecular weight excluding hydrogens is 720 g/mol. The Hall–Kier alpha value is -4.70. The largest absolute Gasteiger partial charge is 0.490 e. The van der Waals surface area contributed by atoms with Crippen molar-refractivity contribution in [2.45, 2.75) is 62.4 Å². The van der Waals surface area contributed by atoms with Crippen LogP contribution in [0.25, 0.3) is 26.5 Å². The molecule has 0 aliphatic carbocycles. The number of carbonyl (C=O) groups is 2. The number of carbonyl (C=O) groups excluding carboxylic acids is 2. The number of hydrogen-bond acceptors (Lipinski definition) is 12. The first-order chi connectivity index (χ1) is 25.2. The van der Waals surface area contributed by atoms with Gasteiger partial charge >= 0.3 is 5.97 Å². The molecular formula is C37H41ClN8O4S2. The SMILES string of the molecule is [C-]#[N+]c1c(NCCC)nc(SCc2csc(-c3ccc(Cl)cc3)n2)c(C#N)c1-c1ccc(OCCOC(=O)[C@H](C)NC(=O)[C@@H](N)CCCCN)cc1. The number of aromatic nitrogens is 2. The molecule has 1 amide bonds. The average molecular weight is 761 g/mol. The molecule has 2 aromatic heterocycles. The molecule has 0 bridgehead atoms. The van der Waals surface area contributed by atoms with Crippen LogP contribution in [-0.4, -0.2) is 60.2 Å². The summed E-state index contributed by atoms with van der Waals surface area (Å²) in [6.45, 7) is 12.7. The highest BCUT2D eigenvalue weighted by molar-refractivity contribution is 7.98. The second-order valence-electron chi connectivity index (χ2n) is 11.6. The van der Waals surface area contributed by atoms with Crippen LogP contribution in [0.3, 0.4) is 0 Å². The smallest absolute Gasteiger partial charge is 0.328 e. The van der Waals surface area contributed by atoms with Gasteiger partial charge in [-0.25, -0.2) is 19.6 Å². The van der Waals surface area contributed by atoms with Crippen LogP contribution in [0.4, 0.5) is 11.5 Å². The molecule has 2 heterocycles. The first-order valence-electron chi connectivity index (χ1n) is 16.8. The van der Waals surface area contributed by atoms with Gasteiger partial charge in [-0.2, -0.15) is 5.26 Å². The van der Waals surface area contributed by atoms with Gasteiger partial charge in [0.2, 0.25) is 11.6 Å². The predicted molar refractivity (Wildman–Crippen MR) is 206 cm³/mol. The standard InChI is InChI=1S/C37H41ClN8O4S2/c1-4-17-43-33-32(42-3)31(29(20-40)36(46-33)52-22-27-21-51-35(45-27)25-8-12-26(38)13-9-25)24-10-14-28(15-11-24)49-18-19-50-37(48)23(2)44-34(47)30(41)7-5-6-16-39/h8-15,21,23,30H,4-7,16-19,22,39,41H2,1-2H3,(H,43,46)(H,44,47)/t23-,30-/m0/s1. The zero-order chi connectivity index (χ0) is 37.5. The zero-order valence-electron chi connectivity index (χ0n) is 29.0. The molecule has 4 rings (SSSR count). The maximum absolute atomic E-state index is 12.4. The van der Waals surface area contributed by atoms with Crippen molar-refractivity contribution < 1.29 is 19.1 Å². The highest BCUT2D eigenvalue weighted by atomic mass is 35.5. The van der Waals surface area contributed by atoms with Gasteiger partial charge in [0.25, 0.3) is 0 Å². The first kappa shape index (κ1) is 40.1. The quantitative estimate of drug-likeness (QED) is 0.0336. The normalized spacial score (nSPS) is 11.9. The van der Waals surface area contributed by atoms with Gasteiger partial charge in [-0.05, 0) is 62.6 Å². The van der Waals surface area contributed by atoms with Gasteiger partial charge in [0.15, 0.2) is 0 Å². The third-order valence-electron chi connectivity index (χ3n) is 7.66. The summed E-state index contributed by atoms with van der Waals surface area (Å²) < 4.78 is 11.1. The minimum absolute atomic E-state index is 0.0403. The summed E-state index contributed by atoms with van der Waals surface area (Å²) in [4.78, 5) is 38.0. The summed E-state index contributed by atoms with van der Waals surface area (Å²) in [7, 11) is 0. The number of hydrogen-bond donors (Lipinski definition) is 4. The van der Waals surface area contributed by atoms with Gasteiger partial charge in [-0.1, -0.05) is 61.0 Å². The van der Waals surface area contributed by atoms with Gasteiger partial charge in [0.1, 0.15) is 46.9 Å². The Morgan fingerprint density at radius 2 is 1.85 bits per heavy atom. The van der Waals surface area contributed by atoms with E-state index in [1.54, 1.807) is 24.3 Å². The predicted octanol–water partition coefficient (Wildman–Crippen LogP) is 6.95. The number of nitrogens with two attached hydrogens (primary N) is 2. The van der Waals surface area contributed by atoms with E-state index in [2.05, 4.69) is 21.5 Å². The van der Waals surface area contributed by atoms with Crippen LogP contribution in [0, 0.1) is 17.9 Å². The number of thiazole rings is 1. The number of nitrogens with zero attached hydrogens (tertiary/aromatic N) is 4. The minimum atomic E-state index is -0.869. The molecule has 272 valence electrons. The lowest BCUT2D eigenvalue weighted by molar-refractivity contribution is -0.148. The highest BCUT2D eigenvalue weighted by Gasteiger charge is 2.23. The fraction of sp³-hybridized carbons (Fsp3) is 0.351. The molecule has 52 heavy (non-hydrogen) atoms. The van der Waals surface area contributed by atoms with Gasteiger partial charge in [-0.3, -0.25) is 4.79 Å². The van der Waals surface area contributed by atoms with E-state index in [4.69, 9.17) is 49.1 Å². The lowest BCUT2D eigenvalue weighted by Gasteiger charge is -2.17. The maximum atomic E-state index is 12.4. The summed E-state index contributed by atoms with van der Waals surface area (Å²) in [6.07, 6.45) is 2.80. The molecule has 4 aromatic rings. The molecule has 15 heteroatoms. The number of halogens is 1. The summed E-state index contributed by atoms with van der Waals surface area (Å²) >= 11 is 8.96. The number of nitriles is 1. The molecule has 0 aliphatic rings. The Morgan fingerprint density at radius 3 is 2.52 bits per heavy atom. The van der Waals surface area contributed by atoms with E-state index in [1.165, 1.54) is 30.0 Å². The number of thioether (sulfide) groups is 1. The molecule has 6 N–H and O–H groups in total. The monoisotopic (exact) mass is 760 g/mol. The Kier molecular flexibility index (Phi) is 15.7. The van der Waals surface area contributed by atoms with E-state index in [1.807, 2.05) is 36.6 Å². The summed E-state index contributed by atoms with van der Waals surface area (Å²) in [5.74, 6) is 0.360. The number of esters is 1. The van der Waals surface area contributed by atoms with Crippen molar-refractivity contribution in [2.24, 2.45) is 11.5 Å². The van der Waals surface area contributed by atoms with E-state index in [9.17, 15) is 14.9 Å². The number of rotatable bonds is 19. The molecule has 0 unspecified atom stereocenters.